The maximum Gasteiger partial charge on any atom is 0.334 e. The van der Waals surface area contributed by atoms with E-state index in [2.05, 4.69) is 30.9 Å². The normalized spacial score (nSPS) is 10.9. The summed E-state index contributed by atoms with van der Waals surface area (Å²) in [5, 5.41) is 0. The van der Waals surface area contributed by atoms with Crippen molar-refractivity contribution in [2.75, 3.05) is 0 Å². The average Bonchev–Trinajstić information content (AvgIpc) is 2.48. The topological polar surface area (TPSA) is 63.1 Å². The Kier molecular flexibility index (Phi) is 1.91. The van der Waals surface area contributed by atoms with Gasteiger partial charge >= 0.3 is 5.69 Å². The molecule has 6 heteroatoms. The van der Waals surface area contributed by atoms with Crippen LogP contribution in [-0.2, 0) is 6.42 Å². The number of rotatable bonds is 1. The molecule has 2 aromatic rings. The van der Waals surface area contributed by atoms with Gasteiger partial charge in [-0.25, -0.2) is 14.2 Å². The molecule has 0 radical (unpaired) electrons. The molecule has 0 unspecified atom stereocenters. The molecule has 0 bridgehead atoms. The van der Waals surface area contributed by atoms with Crippen molar-refractivity contribution < 1.29 is 0 Å². The van der Waals surface area contributed by atoms with Crippen LogP contribution in [0.4, 0.5) is 0 Å². The minimum Gasteiger partial charge on any atom is -0.295 e. The SMILES string of the molecule is CCc1nc2ncc(Br)n2c(=O)[nH]1. The van der Waals surface area contributed by atoms with Crippen molar-refractivity contribution in [1.82, 2.24) is 19.4 Å². The van der Waals surface area contributed by atoms with Crippen molar-refractivity contribution in [2.45, 2.75) is 13.3 Å². The molecule has 0 fully saturated rings. The van der Waals surface area contributed by atoms with Gasteiger partial charge in [-0.1, -0.05) is 6.92 Å². The Morgan fingerprint density at radius 1 is 1.69 bits per heavy atom. The fourth-order valence-corrected chi connectivity index (χ4v) is 1.51. The minimum absolute atomic E-state index is 0.216. The van der Waals surface area contributed by atoms with Gasteiger partial charge < -0.3 is 0 Å². The number of aromatic amines is 1. The molecule has 0 aliphatic carbocycles. The molecule has 0 atom stereocenters. The van der Waals surface area contributed by atoms with Crippen LogP contribution in [0.25, 0.3) is 5.78 Å². The summed E-state index contributed by atoms with van der Waals surface area (Å²) in [6, 6.07) is 0. The number of hydrogen-bond acceptors (Lipinski definition) is 3. The highest BCUT2D eigenvalue weighted by Crippen LogP contribution is 2.07. The predicted molar refractivity (Wildman–Crippen MR) is 50.7 cm³/mol. The molecule has 0 aliphatic heterocycles. The molecule has 0 spiro atoms. The summed E-state index contributed by atoms with van der Waals surface area (Å²) in [6.45, 7) is 1.92. The molecule has 0 saturated heterocycles. The number of halogens is 1. The Bertz CT molecular complexity index is 501. The highest BCUT2D eigenvalue weighted by atomic mass is 79.9. The first kappa shape index (κ1) is 8.43. The van der Waals surface area contributed by atoms with Crippen LogP contribution in [0, 0.1) is 0 Å². The zero-order valence-corrected chi connectivity index (χ0v) is 8.50. The van der Waals surface area contributed by atoms with Gasteiger partial charge in [-0.2, -0.15) is 4.98 Å². The number of H-pyrrole nitrogens is 1. The van der Waals surface area contributed by atoms with Crippen LogP contribution in [0.2, 0.25) is 0 Å². The number of fused-ring (bicyclic) bond motifs is 1. The van der Waals surface area contributed by atoms with Crippen molar-refractivity contribution >= 4 is 21.7 Å². The van der Waals surface area contributed by atoms with E-state index in [4.69, 9.17) is 0 Å². The van der Waals surface area contributed by atoms with Gasteiger partial charge in [-0.05, 0) is 15.9 Å². The van der Waals surface area contributed by atoms with Crippen molar-refractivity contribution in [3.05, 3.63) is 27.1 Å². The molecule has 0 saturated carbocycles. The van der Waals surface area contributed by atoms with E-state index in [1.807, 2.05) is 6.92 Å². The fourth-order valence-electron chi connectivity index (χ4n) is 1.08. The van der Waals surface area contributed by atoms with E-state index in [-0.39, 0.29) is 5.69 Å². The Labute approximate surface area is 82.0 Å². The van der Waals surface area contributed by atoms with Gasteiger partial charge in [0.15, 0.2) is 0 Å². The maximum atomic E-state index is 11.4. The summed E-state index contributed by atoms with van der Waals surface area (Å²) < 4.78 is 1.98. The summed E-state index contributed by atoms with van der Waals surface area (Å²) in [5.41, 5.74) is -0.216. The second kappa shape index (κ2) is 2.95. The molecule has 0 aliphatic rings. The van der Waals surface area contributed by atoms with Crippen LogP contribution in [0.1, 0.15) is 12.7 Å². The number of imidazole rings is 1. The van der Waals surface area contributed by atoms with Crippen molar-refractivity contribution in [2.24, 2.45) is 0 Å². The fraction of sp³-hybridized carbons (Fsp3) is 0.286. The average molecular weight is 243 g/mol. The number of nitrogens with zero attached hydrogens (tertiary/aromatic N) is 3. The molecule has 0 aromatic carbocycles. The molecule has 2 aromatic heterocycles. The third-order valence-electron chi connectivity index (χ3n) is 1.72. The van der Waals surface area contributed by atoms with Crippen LogP contribution < -0.4 is 5.69 Å². The number of aryl methyl sites for hydroxylation is 1. The highest BCUT2D eigenvalue weighted by Gasteiger charge is 2.05. The number of aromatic nitrogens is 4. The van der Waals surface area contributed by atoms with E-state index in [1.54, 1.807) is 6.20 Å². The van der Waals surface area contributed by atoms with E-state index in [9.17, 15) is 4.79 Å². The van der Waals surface area contributed by atoms with E-state index in [1.165, 1.54) is 4.40 Å². The number of nitrogens with one attached hydrogen (secondary N) is 1. The number of hydrogen-bond donors (Lipinski definition) is 1. The molecule has 13 heavy (non-hydrogen) atoms. The molecular formula is C7H7BrN4O. The quantitative estimate of drug-likeness (QED) is 0.803. The summed E-state index contributed by atoms with van der Waals surface area (Å²) >= 11 is 3.20. The molecule has 2 rings (SSSR count). The van der Waals surface area contributed by atoms with Gasteiger partial charge in [-0.3, -0.25) is 4.98 Å². The highest BCUT2D eigenvalue weighted by molar-refractivity contribution is 9.10. The van der Waals surface area contributed by atoms with E-state index < -0.39 is 0 Å². The molecule has 0 amide bonds. The smallest absolute Gasteiger partial charge is 0.295 e. The van der Waals surface area contributed by atoms with E-state index in [0.717, 1.165) is 0 Å². The Hall–Kier alpha value is -1.17. The third-order valence-corrected chi connectivity index (χ3v) is 2.28. The maximum absolute atomic E-state index is 11.4. The van der Waals surface area contributed by atoms with Crippen LogP contribution in [-0.4, -0.2) is 19.4 Å². The van der Waals surface area contributed by atoms with E-state index >= 15 is 0 Å². The summed E-state index contributed by atoms with van der Waals surface area (Å²) in [4.78, 5) is 22.2. The van der Waals surface area contributed by atoms with Gasteiger partial charge in [0.1, 0.15) is 10.4 Å². The zero-order chi connectivity index (χ0) is 9.42. The zero-order valence-electron chi connectivity index (χ0n) is 6.91. The van der Waals surface area contributed by atoms with Crippen LogP contribution in [0.3, 0.4) is 0 Å². The van der Waals surface area contributed by atoms with Gasteiger partial charge in [0.2, 0.25) is 5.78 Å². The van der Waals surface area contributed by atoms with Gasteiger partial charge in [-0.15, -0.1) is 0 Å². The molecule has 5 nitrogen and oxygen atoms in total. The standard InChI is InChI=1S/C7H7BrN4O/c1-2-5-10-6-9-3-4(8)12(6)7(13)11-5/h3H,2H2,1H3,(H,9,10,11,13). The van der Waals surface area contributed by atoms with Gasteiger partial charge in [0.05, 0.1) is 6.20 Å². The summed E-state index contributed by atoms with van der Waals surface area (Å²) in [6.07, 6.45) is 2.24. The van der Waals surface area contributed by atoms with Gasteiger partial charge in [0.25, 0.3) is 0 Å². The first-order valence-electron chi connectivity index (χ1n) is 3.84. The molecular weight excluding hydrogens is 236 g/mol. The Morgan fingerprint density at radius 3 is 3.15 bits per heavy atom. The largest absolute Gasteiger partial charge is 0.334 e. The van der Waals surface area contributed by atoms with E-state index in [0.29, 0.717) is 22.6 Å². The lowest BCUT2D eigenvalue weighted by Gasteiger charge is -1.96. The van der Waals surface area contributed by atoms with Crippen LogP contribution in [0.15, 0.2) is 15.6 Å². The van der Waals surface area contributed by atoms with Crippen LogP contribution in [0.5, 0.6) is 0 Å². The molecule has 68 valence electrons. The molecule has 1 N–H and O–H groups in total. The lowest BCUT2D eigenvalue weighted by molar-refractivity contribution is 0.847. The van der Waals surface area contributed by atoms with Crippen molar-refractivity contribution in [3.63, 3.8) is 0 Å². The summed E-state index contributed by atoms with van der Waals surface area (Å²) in [5.74, 6) is 1.07. The Balaban J connectivity index is 2.87. The van der Waals surface area contributed by atoms with Gasteiger partial charge in [0, 0.05) is 6.42 Å². The molecule has 2 heterocycles. The minimum atomic E-state index is -0.216. The third kappa shape index (κ3) is 1.27. The summed E-state index contributed by atoms with van der Waals surface area (Å²) in [7, 11) is 0. The van der Waals surface area contributed by atoms with Crippen LogP contribution >= 0.6 is 15.9 Å². The predicted octanol–water partition coefficient (Wildman–Crippen LogP) is 0.742. The van der Waals surface area contributed by atoms with Crippen molar-refractivity contribution in [3.8, 4) is 0 Å². The monoisotopic (exact) mass is 242 g/mol. The van der Waals surface area contributed by atoms with Crippen molar-refractivity contribution in [1.29, 1.82) is 0 Å². The lowest BCUT2D eigenvalue weighted by Crippen LogP contribution is -2.19. The first-order valence-corrected chi connectivity index (χ1v) is 4.64. The first-order chi connectivity index (χ1) is 6.22. The second-order valence-corrected chi connectivity index (χ2v) is 3.37. The second-order valence-electron chi connectivity index (χ2n) is 2.56. The Morgan fingerprint density at radius 2 is 2.46 bits per heavy atom. The lowest BCUT2D eigenvalue weighted by atomic mass is 10.5.